The molecule has 0 saturated carbocycles. The Morgan fingerprint density at radius 2 is 2.09 bits per heavy atom. The van der Waals surface area contributed by atoms with Crippen molar-refractivity contribution in [1.29, 1.82) is 0 Å². The largest absolute Gasteiger partial charge is 0.315 e. The van der Waals surface area contributed by atoms with Gasteiger partial charge in [-0.25, -0.2) is 0 Å². The fourth-order valence-corrected chi connectivity index (χ4v) is 2.72. The number of thiophene rings is 1. The highest BCUT2D eigenvalue weighted by Crippen LogP contribution is 2.31. The fourth-order valence-electron chi connectivity index (χ4n) is 1.02. The Labute approximate surface area is 79.9 Å². The minimum atomic E-state index is 0.975. The first kappa shape index (κ1) is 9.23. The van der Waals surface area contributed by atoms with Crippen molar-refractivity contribution in [3.63, 3.8) is 0 Å². The van der Waals surface area contributed by atoms with Crippen LogP contribution in [-0.2, 0) is 6.54 Å². The third-order valence-electron chi connectivity index (χ3n) is 1.67. The zero-order valence-corrected chi connectivity index (χ0v) is 9.40. The van der Waals surface area contributed by atoms with E-state index in [0.717, 1.165) is 6.54 Å². The van der Waals surface area contributed by atoms with Crippen molar-refractivity contribution in [3.05, 3.63) is 19.8 Å². The lowest BCUT2D eigenvalue weighted by molar-refractivity contribution is 0.826. The summed E-state index contributed by atoms with van der Waals surface area (Å²) in [6.07, 6.45) is 0. The van der Waals surface area contributed by atoms with Gasteiger partial charge in [-0.15, -0.1) is 11.3 Å². The van der Waals surface area contributed by atoms with Gasteiger partial charge < -0.3 is 5.32 Å². The molecule has 1 heterocycles. The van der Waals surface area contributed by atoms with Crippen molar-refractivity contribution in [2.75, 3.05) is 7.05 Å². The van der Waals surface area contributed by atoms with Crippen LogP contribution in [0.1, 0.15) is 15.3 Å². The number of rotatable bonds is 2. The van der Waals surface area contributed by atoms with E-state index < -0.39 is 0 Å². The van der Waals surface area contributed by atoms with E-state index in [1.165, 1.54) is 19.8 Å². The van der Waals surface area contributed by atoms with Crippen LogP contribution in [0.15, 0.2) is 4.47 Å². The molecule has 1 aromatic heterocycles. The molecule has 11 heavy (non-hydrogen) atoms. The zero-order chi connectivity index (χ0) is 8.43. The Morgan fingerprint density at radius 3 is 2.45 bits per heavy atom. The molecule has 1 aromatic rings. The molecule has 1 rings (SSSR count). The molecule has 1 nitrogen and oxygen atoms in total. The van der Waals surface area contributed by atoms with Gasteiger partial charge in [0.15, 0.2) is 0 Å². The molecule has 0 atom stereocenters. The summed E-state index contributed by atoms with van der Waals surface area (Å²) in [6.45, 7) is 5.27. The van der Waals surface area contributed by atoms with E-state index >= 15 is 0 Å². The van der Waals surface area contributed by atoms with E-state index in [0.29, 0.717) is 0 Å². The van der Waals surface area contributed by atoms with Crippen molar-refractivity contribution >= 4 is 27.3 Å². The van der Waals surface area contributed by atoms with Crippen molar-refractivity contribution in [1.82, 2.24) is 5.32 Å². The molecule has 0 bridgehead atoms. The molecular formula is C8H12BrNS. The van der Waals surface area contributed by atoms with Crippen LogP contribution in [0.25, 0.3) is 0 Å². The molecule has 0 amide bonds. The molecule has 0 saturated heterocycles. The Balaban J connectivity index is 2.98. The molecular weight excluding hydrogens is 222 g/mol. The molecule has 62 valence electrons. The van der Waals surface area contributed by atoms with Crippen LogP contribution < -0.4 is 5.32 Å². The highest BCUT2D eigenvalue weighted by molar-refractivity contribution is 9.10. The highest BCUT2D eigenvalue weighted by atomic mass is 79.9. The monoisotopic (exact) mass is 233 g/mol. The number of aryl methyl sites for hydroxylation is 1. The summed E-state index contributed by atoms with van der Waals surface area (Å²) >= 11 is 5.41. The number of nitrogens with one attached hydrogen (secondary N) is 1. The predicted octanol–water partition coefficient (Wildman–Crippen LogP) is 2.85. The molecule has 0 aliphatic carbocycles. The standard InChI is InChI=1S/C8H12BrNS/c1-5-7(4-10-3)11-6(2)8(5)9/h10H,4H2,1-3H3. The molecule has 0 fully saturated rings. The van der Waals surface area contributed by atoms with Crippen LogP contribution in [0, 0.1) is 13.8 Å². The molecule has 0 aliphatic heterocycles. The Kier molecular flexibility index (Phi) is 3.10. The molecule has 1 N–H and O–H groups in total. The third kappa shape index (κ3) is 1.83. The lowest BCUT2D eigenvalue weighted by atomic mass is 10.3. The molecule has 0 aromatic carbocycles. The second-order valence-corrected chi connectivity index (χ2v) is 4.65. The summed E-state index contributed by atoms with van der Waals surface area (Å²) < 4.78 is 1.27. The summed E-state index contributed by atoms with van der Waals surface area (Å²) in [4.78, 5) is 2.80. The van der Waals surface area contributed by atoms with Crippen LogP contribution in [0.4, 0.5) is 0 Å². The summed E-state index contributed by atoms with van der Waals surface area (Å²) in [6, 6.07) is 0. The van der Waals surface area contributed by atoms with Gasteiger partial charge in [-0.2, -0.15) is 0 Å². The maximum atomic E-state index is 3.55. The summed E-state index contributed by atoms with van der Waals surface area (Å²) in [5.74, 6) is 0. The van der Waals surface area contributed by atoms with Gasteiger partial charge in [0.2, 0.25) is 0 Å². The maximum Gasteiger partial charge on any atom is 0.0344 e. The van der Waals surface area contributed by atoms with E-state index in [4.69, 9.17) is 0 Å². The third-order valence-corrected chi connectivity index (χ3v) is 4.33. The highest BCUT2D eigenvalue weighted by Gasteiger charge is 2.07. The normalized spacial score (nSPS) is 10.5. The van der Waals surface area contributed by atoms with Crippen molar-refractivity contribution < 1.29 is 0 Å². The second-order valence-electron chi connectivity index (χ2n) is 2.55. The van der Waals surface area contributed by atoms with Crippen LogP contribution in [0.5, 0.6) is 0 Å². The lowest BCUT2D eigenvalue weighted by Crippen LogP contribution is -2.03. The van der Waals surface area contributed by atoms with Crippen LogP contribution in [-0.4, -0.2) is 7.05 Å². The van der Waals surface area contributed by atoms with Crippen molar-refractivity contribution in [2.24, 2.45) is 0 Å². The Hall–Kier alpha value is 0.140. The van der Waals surface area contributed by atoms with Crippen LogP contribution in [0.2, 0.25) is 0 Å². The molecule has 0 unspecified atom stereocenters. The zero-order valence-electron chi connectivity index (χ0n) is 6.99. The van der Waals surface area contributed by atoms with Gasteiger partial charge in [0, 0.05) is 20.8 Å². The molecule has 0 spiro atoms. The average molecular weight is 234 g/mol. The van der Waals surface area contributed by atoms with Crippen LogP contribution in [0.3, 0.4) is 0 Å². The van der Waals surface area contributed by atoms with Gasteiger partial charge in [-0.05, 0) is 42.4 Å². The fraction of sp³-hybridized carbons (Fsp3) is 0.500. The van der Waals surface area contributed by atoms with Gasteiger partial charge >= 0.3 is 0 Å². The quantitative estimate of drug-likeness (QED) is 0.829. The summed E-state index contributed by atoms with van der Waals surface area (Å²) in [7, 11) is 1.97. The van der Waals surface area contributed by atoms with Gasteiger partial charge in [0.1, 0.15) is 0 Å². The smallest absolute Gasteiger partial charge is 0.0344 e. The van der Waals surface area contributed by atoms with E-state index in [9.17, 15) is 0 Å². The predicted molar refractivity (Wildman–Crippen MR) is 54.3 cm³/mol. The Morgan fingerprint density at radius 1 is 1.45 bits per heavy atom. The lowest BCUT2D eigenvalue weighted by Gasteiger charge is -1.95. The molecule has 0 aliphatic rings. The van der Waals surface area contributed by atoms with Gasteiger partial charge in [-0.1, -0.05) is 0 Å². The number of halogens is 1. The van der Waals surface area contributed by atoms with E-state index in [2.05, 4.69) is 35.1 Å². The first-order valence-electron chi connectivity index (χ1n) is 3.55. The van der Waals surface area contributed by atoms with Crippen LogP contribution >= 0.6 is 27.3 Å². The van der Waals surface area contributed by atoms with Gasteiger partial charge in [0.25, 0.3) is 0 Å². The Bertz CT molecular complexity index is 255. The SMILES string of the molecule is CNCc1sc(C)c(Br)c1C. The topological polar surface area (TPSA) is 12.0 Å². The second kappa shape index (κ2) is 3.70. The minimum absolute atomic E-state index is 0.975. The van der Waals surface area contributed by atoms with E-state index in [-0.39, 0.29) is 0 Å². The average Bonchev–Trinajstić information content (AvgIpc) is 2.19. The van der Waals surface area contributed by atoms with Gasteiger partial charge in [0.05, 0.1) is 0 Å². The summed E-state index contributed by atoms with van der Waals surface area (Å²) in [5, 5.41) is 3.15. The summed E-state index contributed by atoms with van der Waals surface area (Å²) in [5.41, 5.74) is 1.38. The van der Waals surface area contributed by atoms with E-state index in [1.54, 1.807) is 0 Å². The first-order valence-corrected chi connectivity index (χ1v) is 5.16. The maximum absolute atomic E-state index is 3.55. The minimum Gasteiger partial charge on any atom is -0.315 e. The molecule has 0 radical (unpaired) electrons. The van der Waals surface area contributed by atoms with E-state index in [1.807, 2.05) is 18.4 Å². The van der Waals surface area contributed by atoms with Crippen molar-refractivity contribution in [3.8, 4) is 0 Å². The number of hydrogen-bond acceptors (Lipinski definition) is 2. The van der Waals surface area contributed by atoms with Crippen molar-refractivity contribution in [2.45, 2.75) is 20.4 Å². The van der Waals surface area contributed by atoms with Gasteiger partial charge in [-0.3, -0.25) is 0 Å². The first-order chi connectivity index (χ1) is 5.16. The molecule has 3 heteroatoms. The number of hydrogen-bond donors (Lipinski definition) is 1.